The molecule has 1 saturated heterocycles. The molecule has 0 unspecified atom stereocenters. The smallest absolute Gasteiger partial charge is 0.243 e. The largest absolute Gasteiger partial charge is 0.325 e. The van der Waals surface area contributed by atoms with Crippen LogP contribution in [-0.4, -0.2) is 31.2 Å². The van der Waals surface area contributed by atoms with E-state index >= 15 is 0 Å². The molecule has 0 spiro atoms. The number of halogens is 2. The number of hydrogen-bond acceptors (Lipinski definition) is 3. The molecule has 8 heteroatoms. The van der Waals surface area contributed by atoms with Crippen LogP contribution in [-0.2, 0) is 14.8 Å². The van der Waals surface area contributed by atoms with Crippen LogP contribution in [0, 0.1) is 6.92 Å². The molecule has 1 aliphatic heterocycles. The van der Waals surface area contributed by atoms with E-state index in [2.05, 4.69) is 5.32 Å². The van der Waals surface area contributed by atoms with Gasteiger partial charge in [-0.15, -0.1) is 0 Å². The van der Waals surface area contributed by atoms with Gasteiger partial charge in [0.1, 0.15) is 6.04 Å². The van der Waals surface area contributed by atoms with Gasteiger partial charge in [-0.1, -0.05) is 29.3 Å². The lowest BCUT2D eigenvalue weighted by Gasteiger charge is -2.23. The van der Waals surface area contributed by atoms with Gasteiger partial charge >= 0.3 is 0 Å². The highest BCUT2D eigenvalue weighted by atomic mass is 35.5. The summed E-state index contributed by atoms with van der Waals surface area (Å²) >= 11 is 11.9. The summed E-state index contributed by atoms with van der Waals surface area (Å²) in [6, 6.07) is 10.4. The molecular formula is C18H18Cl2N2O3S. The lowest BCUT2D eigenvalue weighted by atomic mass is 10.2. The van der Waals surface area contributed by atoms with Crippen molar-refractivity contribution in [2.45, 2.75) is 30.7 Å². The lowest BCUT2D eigenvalue weighted by Crippen LogP contribution is -2.43. The fourth-order valence-electron chi connectivity index (χ4n) is 2.93. The molecule has 1 N–H and O–H groups in total. The number of sulfonamides is 1. The highest BCUT2D eigenvalue weighted by molar-refractivity contribution is 7.89. The summed E-state index contributed by atoms with van der Waals surface area (Å²) < 4.78 is 27.0. The van der Waals surface area contributed by atoms with Crippen LogP contribution in [0.25, 0.3) is 0 Å². The number of amides is 1. The van der Waals surface area contributed by atoms with Crippen molar-refractivity contribution >= 4 is 44.8 Å². The van der Waals surface area contributed by atoms with E-state index < -0.39 is 16.1 Å². The Morgan fingerprint density at radius 3 is 2.50 bits per heavy atom. The van der Waals surface area contributed by atoms with Gasteiger partial charge in [-0.3, -0.25) is 4.79 Å². The van der Waals surface area contributed by atoms with Crippen LogP contribution >= 0.6 is 23.2 Å². The lowest BCUT2D eigenvalue weighted by molar-refractivity contribution is -0.119. The van der Waals surface area contributed by atoms with Crippen LogP contribution in [0.4, 0.5) is 5.69 Å². The molecule has 1 heterocycles. The Balaban J connectivity index is 1.81. The minimum atomic E-state index is -3.77. The van der Waals surface area contributed by atoms with Crippen molar-refractivity contribution in [3.05, 3.63) is 58.1 Å². The molecule has 2 aromatic carbocycles. The molecule has 0 saturated carbocycles. The number of carbonyl (C=O) groups excluding carboxylic acids is 1. The highest BCUT2D eigenvalue weighted by Crippen LogP contribution is 2.28. The van der Waals surface area contributed by atoms with E-state index in [0.717, 1.165) is 5.56 Å². The van der Waals surface area contributed by atoms with Crippen LogP contribution in [0.3, 0.4) is 0 Å². The summed E-state index contributed by atoms with van der Waals surface area (Å²) in [5, 5.41) is 3.76. The third kappa shape index (κ3) is 3.88. The standard InChI is InChI=1S/C18H18Cl2N2O3S/c1-12-4-7-14(11-16(12)20)21-18(23)17-3-2-10-22(17)26(24,25)15-8-5-13(19)6-9-15/h4-9,11,17H,2-3,10H2,1H3,(H,21,23)/t17-/m1/s1. The van der Waals surface area contributed by atoms with Crippen LogP contribution in [0.15, 0.2) is 47.4 Å². The number of aryl methyl sites for hydroxylation is 1. The number of hydrogen-bond donors (Lipinski definition) is 1. The molecule has 1 amide bonds. The molecule has 2 aromatic rings. The summed E-state index contributed by atoms with van der Waals surface area (Å²) in [7, 11) is -3.77. The SMILES string of the molecule is Cc1ccc(NC(=O)[C@H]2CCCN2S(=O)(=O)c2ccc(Cl)cc2)cc1Cl. The van der Waals surface area contributed by atoms with E-state index in [9.17, 15) is 13.2 Å². The molecule has 3 rings (SSSR count). The van der Waals surface area contributed by atoms with Gasteiger partial charge in [-0.2, -0.15) is 4.31 Å². The first-order valence-corrected chi connectivity index (χ1v) is 10.3. The van der Waals surface area contributed by atoms with Gasteiger partial charge < -0.3 is 5.32 Å². The number of benzene rings is 2. The summed E-state index contributed by atoms with van der Waals surface area (Å²) in [5.41, 5.74) is 1.44. The first kappa shape index (κ1) is 19.2. The van der Waals surface area contributed by atoms with Crippen molar-refractivity contribution < 1.29 is 13.2 Å². The van der Waals surface area contributed by atoms with Gasteiger partial charge in [0.05, 0.1) is 4.90 Å². The molecule has 138 valence electrons. The van der Waals surface area contributed by atoms with Crippen molar-refractivity contribution in [2.24, 2.45) is 0 Å². The maximum Gasteiger partial charge on any atom is 0.243 e. The number of anilines is 1. The molecule has 0 aliphatic carbocycles. The van der Waals surface area contributed by atoms with Gasteiger partial charge in [-0.05, 0) is 61.7 Å². The second-order valence-corrected chi connectivity index (χ2v) is 8.92. The Hall–Kier alpha value is -1.60. The van der Waals surface area contributed by atoms with Crippen LogP contribution in [0.1, 0.15) is 18.4 Å². The third-order valence-electron chi connectivity index (χ3n) is 4.37. The Kier molecular flexibility index (Phi) is 5.58. The van der Waals surface area contributed by atoms with Crippen molar-refractivity contribution in [2.75, 3.05) is 11.9 Å². The van der Waals surface area contributed by atoms with Gasteiger partial charge in [-0.25, -0.2) is 8.42 Å². The van der Waals surface area contributed by atoms with E-state index in [1.807, 2.05) is 6.92 Å². The van der Waals surface area contributed by atoms with Gasteiger partial charge in [0.15, 0.2) is 0 Å². The molecule has 1 aliphatic rings. The Morgan fingerprint density at radius 1 is 1.15 bits per heavy atom. The average molecular weight is 413 g/mol. The van der Waals surface area contributed by atoms with Gasteiger partial charge in [0.2, 0.25) is 15.9 Å². The summed E-state index contributed by atoms with van der Waals surface area (Å²) in [5.74, 6) is -0.361. The fourth-order valence-corrected chi connectivity index (χ4v) is 4.89. The second kappa shape index (κ2) is 7.56. The van der Waals surface area contributed by atoms with Crippen molar-refractivity contribution in [3.63, 3.8) is 0 Å². The fraction of sp³-hybridized carbons (Fsp3) is 0.278. The number of nitrogens with one attached hydrogen (secondary N) is 1. The number of nitrogens with zero attached hydrogens (tertiary/aromatic N) is 1. The monoisotopic (exact) mass is 412 g/mol. The Labute approximate surface area is 163 Å². The van der Waals surface area contributed by atoms with Crippen molar-refractivity contribution in [1.82, 2.24) is 4.31 Å². The summed E-state index contributed by atoms with van der Waals surface area (Å²) in [4.78, 5) is 12.8. The van der Waals surface area contributed by atoms with Gasteiger partial charge in [0.25, 0.3) is 0 Å². The highest BCUT2D eigenvalue weighted by Gasteiger charge is 2.39. The second-order valence-electron chi connectivity index (χ2n) is 6.18. The van der Waals surface area contributed by atoms with Crippen LogP contribution in [0.2, 0.25) is 10.0 Å². The maximum atomic E-state index is 12.9. The zero-order valence-corrected chi connectivity index (χ0v) is 16.4. The molecule has 1 atom stereocenters. The van der Waals surface area contributed by atoms with Crippen LogP contribution < -0.4 is 5.32 Å². The summed E-state index contributed by atoms with van der Waals surface area (Å²) in [6.07, 6.45) is 1.10. The molecular weight excluding hydrogens is 395 g/mol. The predicted octanol–water partition coefficient (Wildman–Crippen LogP) is 4.09. The van der Waals surface area contributed by atoms with E-state index in [-0.39, 0.29) is 10.8 Å². The summed E-state index contributed by atoms with van der Waals surface area (Å²) in [6.45, 7) is 2.17. The van der Waals surface area contributed by atoms with E-state index in [1.165, 1.54) is 28.6 Å². The number of carbonyl (C=O) groups is 1. The first-order valence-electron chi connectivity index (χ1n) is 8.13. The Bertz CT molecular complexity index is 930. The molecule has 5 nitrogen and oxygen atoms in total. The predicted molar refractivity (Wildman–Crippen MR) is 103 cm³/mol. The number of rotatable bonds is 4. The Morgan fingerprint density at radius 2 is 1.85 bits per heavy atom. The maximum absolute atomic E-state index is 12.9. The van der Waals surface area contributed by atoms with Crippen LogP contribution in [0.5, 0.6) is 0 Å². The topological polar surface area (TPSA) is 66.5 Å². The average Bonchev–Trinajstić information content (AvgIpc) is 3.09. The van der Waals surface area contributed by atoms with Crippen molar-refractivity contribution in [1.29, 1.82) is 0 Å². The third-order valence-corrected chi connectivity index (χ3v) is 6.95. The van der Waals surface area contributed by atoms with Gasteiger partial charge in [0, 0.05) is 22.3 Å². The zero-order chi connectivity index (χ0) is 18.9. The normalized spacial score (nSPS) is 18.0. The molecule has 0 bridgehead atoms. The molecule has 0 aromatic heterocycles. The van der Waals surface area contributed by atoms with E-state index in [0.29, 0.717) is 35.1 Å². The minimum absolute atomic E-state index is 0.125. The van der Waals surface area contributed by atoms with E-state index in [4.69, 9.17) is 23.2 Å². The minimum Gasteiger partial charge on any atom is -0.325 e. The zero-order valence-electron chi connectivity index (χ0n) is 14.1. The molecule has 1 fully saturated rings. The van der Waals surface area contributed by atoms with Crippen molar-refractivity contribution in [3.8, 4) is 0 Å². The first-order chi connectivity index (χ1) is 12.3. The molecule has 0 radical (unpaired) electrons. The van der Waals surface area contributed by atoms with E-state index in [1.54, 1.807) is 18.2 Å². The molecule has 26 heavy (non-hydrogen) atoms. The quantitative estimate of drug-likeness (QED) is 0.821.